The standard InChI is InChI=1S/C21H33N5O2/c1-6-22-20(24-15-21(4,27)19-12-25-26(5)13-19)23-11-17-7-9-18(10-8-17)14-28-16(2)3/h7-10,12-13,16,27H,6,11,14-15H2,1-5H3,(H2,22,23,24). The number of nitrogens with zero attached hydrogens (tertiary/aromatic N) is 3. The minimum Gasteiger partial charge on any atom is -0.383 e. The van der Waals surface area contributed by atoms with Crippen LogP contribution in [0.5, 0.6) is 0 Å². The number of benzene rings is 1. The summed E-state index contributed by atoms with van der Waals surface area (Å²) in [6.07, 6.45) is 3.72. The highest BCUT2D eigenvalue weighted by Crippen LogP contribution is 2.18. The summed E-state index contributed by atoms with van der Waals surface area (Å²) in [5.41, 5.74) is 1.99. The zero-order chi connectivity index (χ0) is 20.6. The van der Waals surface area contributed by atoms with Crippen molar-refractivity contribution in [3.63, 3.8) is 0 Å². The van der Waals surface area contributed by atoms with Crippen LogP contribution in [0.4, 0.5) is 0 Å². The van der Waals surface area contributed by atoms with Gasteiger partial charge in [-0.1, -0.05) is 24.3 Å². The third-order valence-electron chi connectivity index (χ3n) is 4.30. The van der Waals surface area contributed by atoms with Gasteiger partial charge in [-0.25, -0.2) is 4.99 Å². The van der Waals surface area contributed by atoms with Gasteiger partial charge in [0.25, 0.3) is 0 Å². The molecule has 1 unspecified atom stereocenters. The molecule has 0 aliphatic heterocycles. The summed E-state index contributed by atoms with van der Waals surface area (Å²) >= 11 is 0. The molecule has 0 bridgehead atoms. The fraction of sp³-hybridized carbons (Fsp3) is 0.524. The summed E-state index contributed by atoms with van der Waals surface area (Å²) in [5.74, 6) is 0.666. The van der Waals surface area contributed by atoms with E-state index in [4.69, 9.17) is 4.74 Å². The predicted molar refractivity (Wildman–Crippen MR) is 112 cm³/mol. The molecule has 1 aromatic carbocycles. The van der Waals surface area contributed by atoms with Crippen LogP contribution in [0.2, 0.25) is 0 Å². The summed E-state index contributed by atoms with van der Waals surface area (Å²) in [6.45, 7) is 10.1. The maximum absolute atomic E-state index is 10.7. The van der Waals surface area contributed by atoms with Crippen LogP contribution in [0.15, 0.2) is 41.7 Å². The maximum atomic E-state index is 10.7. The average molecular weight is 388 g/mol. The fourth-order valence-electron chi connectivity index (χ4n) is 2.57. The van der Waals surface area contributed by atoms with Gasteiger partial charge in [-0.05, 0) is 38.8 Å². The molecule has 0 saturated heterocycles. The van der Waals surface area contributed by atoms with Gasteiger partial charge in [-0.2, -0.15) is 5.10 Å². The van der Waals surface area contributed by atoms with Crippen molar-refractivity contribution in [3.8, 4) is 0 Å². The van der Waals surface area contributed by atoms with Crippen LogP contribution in [0, 0.1) is 0 Å². The lowest BCUT2D eigenvalue weighted by Gasteiger charge is -2.23. The Labute approximate surface area is 167 Å². The minimum atomic E-state index is -1.04. The van der Waals surface area contributed by atoms with Gasteiger partial charge in [0.15, 0.2) is 5.96 Å². The topological polar surface area (TPSA) is 83.7 Å². The largest absolute Gasteiger partial charge is 0.383 e. The SMILES string of the molecule is CCNC(=NCc1ccc(COC(C)C)cc1)NCC(C)(O)c1cnn(C)c1. The fourth-order valence-corrected chi connectivity index (χ4v) is 2.57. The van der Waals surface area contributed by atoms with Crippen LogP contribution < -0.4 is 10.6 Å². The molecule has 3 N–H and O–H groups in total. The van der Waals surface area contributed by atoms with E-state index in [1.165, 1.54) is 0 Å². The van der Waals surface area contributed by atoms with E-state index in [1.807, 2.05) is 34.0 Å². The number of hydrogen-bond donors (Lipinski definition) is 3. The van der Waals surface area contributed by atoms with E-state index in [0.29, 0.717) is 25.7 Å². The molecule has 0 radical (unpaired) electrons. The Hall–Kier alpha value is -2.38. The second kappa shape index (κ2) is 10.2. The first-order valence-electron chi connectivity index (χ1n) is 9.73. The van der Waals surface area contributed by atoms with Crippen molar-refractivity contribution in [2.24, 2.45) is 12.0 Å². The van der Waals surface area contributed by atoms with Gasteiger partial charge < -0.3 is 20.5 Å². The van der Waals surface area contributed by atoms with Crippen molar-refractivity contribution in [2.75, 3.05) is 13.1 Å². The number of aryl methyl sites for hydroxylation is 1. The highest BCUT2D eigenvalue weighted by molar-refractivity contribution is 5.79. The predicted octanol–water partition coefficient (Wildman–Crippen LogP) is 2.31. The molecule has 2 rings (SSSR count). The molecule has 1 atom stereocenters. The number of guanidine groups is 1. The van der Waals surface area contributed by atoms with E-state index < -0.39 is 5.60 Å². The summed E-state index contributed by atoms with van der Waals surface area (Å²) < 4.78 is 7.30. The zero-order valence-electron chi connectivity index (χ0n) is 17.6. The molecule has 2 aromatic rings. The number of nitrogens with one attached hydrogen (secondary N) is 2. The Morgan fingerprint density at radius 3 is 2.50 bits per heavy atom. The van der Waals surface area contributed by atoms with Crippen molar-refractivity contribution >= 4 is 5.96 Å². The summed E-state index contributed by atoms with van der Waals surface area (Å²) in [5, 5.41) is 21.3. The molecule has 0 saturated carbocycles. The molecule has 1 aromatic heterocycles. The van der Waals surface area contributed by atoms with E-state index in [9.17, 15) is 5.11 Å². The lowest BCUT2D eigenvalue weighted by molar-refractivity contribution is 0.0616. The number of aromatic nitrogens is 2. The van der Waals surface area contributed by atoms with E-state index in [0.717, 1.165) is 23.2 Å². The van der Waals surface area contributed by atoms with Crippen LogP contribution in [-0.4, -0.2) is 40.0 Å². The third kappa shape index (κ3) is 6.98. The Bertz CT molecular complexity index is 750. The molecule has 0 spiro atoms. The summed E-state index contributed by atoms with van der Waals surface area (Å²) in [6, 6.07) is 8.28. The normalized spacial score (nSPS) is 14.2. The van der Waals surface area contributed by atoms with Gasteiger partial charge in [0.2, 0.25) is 0 Å². The first kappa shape index (κ1) is 21.9. The molecule has 0 fully saturated rings. The Kier molecular flexibility index (Phi) is 8.02. The van der Waals surface area contributed by atoms with Crippen molar-refractivity contribution < 1.29 is 9.84 Å². The van der Waals surface area contributed by atoms with E-state index in [-0.39, 0.29) is 6.10 Å². The summed E-state index contributed by atoms with van der Waals surface area (Å²) in [4.78, 5) is 4.62. The smallest absolute Gasteiger partial charge is 0.191 e. The second-order valence-corrected chi connectivity index (χ2v) is 7.40. The van der Waals surface area contributed by atoms with E-state index in [2.05, 4.69) is 45.0 Å². The third-order valence-corrected chi connectivity index (χ3v) is 4.30. The lowest BCUT2D eigenvalue weighted by Crippen LogP contribution is -2.44. The second-order valence-electron chi connectivity index (χ2n) is 7.40. The van der Waals surface area contributed by atoms with Crippen LogP contribution in [0.3, 0.4) is 0 Å². The molecular weight excluding hydrogens is 354 g/mol. The van der Waals surface area contributed by atoms with Crippen LogP contribution in [0.25, 0.3) is 0 Å². The van der Waals surface area contributed by atoms with Crippen LogP contribution >= 0.6 is 0 Å². The average Bonchev–Trinajstić information content (AvgIpc) is 3.10. The van der Waals surface area contributed by atoms with Crippen molar-refractivity contribution in [1.29, 1.82) is 0 Å². The number of rotatable bonds is 9. The van der Waals surface area contributed by atoms with Gasteiger partial charge in [0.05, 0.1) is 32.0 Å². The number of ether oxygens (including phenoxy) is 1. The van der Waals surface area contributed by atoms with Gasteiger partial charge >= 0.3 is 0 Å². The Balaban J connectivity index is 1.94. The zero-order valence-corrected chi connectivity index (χ0v) is 17.6. The molecule has 154 valence electrons. The molecule has 7 nitrogen and oxygen atoms in total. The molecule has 0 aliphatic rings. The van der Waals surface area contributed by atoms with Crippen molar-refractivity contribution in [1.82, 2.24) is 20.4 Å². The van der Waals surface area contributed by atoms with E-state index in [1.54, 1.807) is 17.8 Å². The lowest BCUT2D eigenvalue weighted by atomic mass is 10.00. The number of aliphatic hydroxyl groups is 1. The number of aliphatic imine (C=N–C) groups is 1. The van der Waals surface area contributed by atoms with Crippen molar-refractivity contribution in [3.05, 3.63) is 53.3 Å². The van der Waals surface area contributed by atoms with Crippen LogP contribution in [-0.2, 0) is 30.5 Å². The highest BCUT2D eigenvalue weighted by atomic mass is 16.5. The molecule has 28 heavy (non-hydrogen) atoms. The molecule has 1 heterocycles. The number of hydrogen-bond acceptors (Lipinski definition) is 4. The highest BCUT2D eigenvalue weighted by Gasteiger charge is 2.24. The quantitative estimate of drug-likeness (QED) is 0.454. The molecule has 0 amide bonds. The summed E-state index contributed by atoms with van der Waals surface area (Å²) in [7, 11) is 1.83. The molecular formula is C21H33N5O2. The van der Waals surface area contributed by atoms with Gasteiger partial charge in [0, 0.05) is 25.4 Å². The van der Waals surface area contributed by atoms with Crippen molar-refractivity contribution in [2.45, 2.75) is 52.6 Å². The minimum absolute atomic E-state index is 0.224. The van der Waals surface area contributed by atoms with Gasteiger partial charge in [-0.3, -0.25) is 4.68 Å². The maximum Gasteiger partial charge on any atom is 0.191 e. The Morgan fingerprint density at radius 2 is 1.93 bits per heavy atom. The van der Waals surface area contributed by atoms with Gasteiger partial charge in [0.1, 0.15) is 5.60 Å². The molecule has 0 aliphatic carbocycles. The first-order chi connectivity index (χ1) is 13.3. The molecule has 7 heteroatoms. The monoisotopic (exact) mass is 387 g/mol. The van der Waals surface area contributed by atoms with E-state index >= 15 is 0 Å². The first-order valence-corrected chi connectivity index (χ1v) is 9.73. The van der Waals surface area contributed by atoms with Gasteiger partial charge in [-0.15, -0.1) is 0 Å². The van der Waals surface area contributed by atoms with Crippen LogP contribution in [0.1, 0.15) is 44.4 Å². The Morgan fingerprint density at radius 1 is 1.25 bits per heavy atom.